The summed E-state index contributed by atoms with van der Waals surface area (Å²) in [7, 11) is 0. The number of hydrogen-bond acceptors (Lipinski definition) is 9. The van der Waals surface area contributed by atoms with Crippen molar-refractivity contribution in [1.29, 1.82) is 0 Å². The third-order valence-electron chi connectivity index (χ3n) is 6.82. The Morgan fingerprint density at radius 3 is 2.48 bits per heavy atom. The number of amides is 1. The molecule has 42 heavy (non-hydrogen) atoms. The van der Waals surface area contributed by atoms with Gasteiger partial charge in [-0.3, -0.25) is 9.78 Å². The molecule has 2 aromatic heterocycles. The van der Waals surface area contributed by atoms with Gasteiger partial charge in [0.15, 0.2) is 6.29 Å². The molecule has 0 radical (unpaired) electrons. The number of nitrogens with one attached hydrogen (secondary N) is 1. The Morgan fingerprint density at radius 2 is 1.74 bits per heavy atom. The van der Waals surface area contributed by atoms with Crippen LogP contribution in [0.2, 0.25) is 0 Å². The first-order chi connectivity index (χ1) is 20.7. The number of nitrogens with zero attached hydrogens (tertiary/aromatic N) is 5. The molecular weight excluding hydrogens is 552 g/mol. The minimum absolute atomic E-state index is 0.0173. The Kier molecular flexibility index (Phi) is 8.61. The van der Waals surface area contributed by atoms with Gasteiger partial charge in [0.05, 0.1) is 30.1 Å². The van der Waals surface area contributed by atoms with Crippen LogP contribution >= 0.6 is 11.8 Å². The number of rotatable bonds is 9. The van der Waals surface area contributed by atoms with Crippen LogP contribution in [0.1, 0.15) is 45.9 Å². The molecule has 212 valence electrons. The van der Waals surface area contributed by atoms with E-state index in [1.54, 1.807) is 23.0 Å². The number of benzene rings is 3. The van der Waals surface area contributed by atoms with Crippen molar-refractivity contribution in [2.45, 2.75) is 36.7 Å². The molecule has 1 fully saturated rings. The summed E-state index contributed by atoms with van der Waals surface area (Å²) in [6.07, 6.45) is 2.77. The first-order valence-electron chi connectivity index (χ1n) is 13.4. The van der Waals surface area contributed by atoms with E-state index in [2.05, 4.69) is 25.8 Å². The zero-order valence-corrected chi connectivity index (χ0v) is 23.3. The van der Waals surface area contributed by atoms with Gasteiger partial charge in [-0.15, -0.1) is 5.10 Å². The predicted octanol–water partition coefficient (Wildman–Crippen LogP) is 5.14. The van der Waals surface area contributed by atoms with E-state index in [1.807, 2.05) is 78.9 Å². The van der Waals surface area contributed by atoms with Crippen LogP contribution in [-0.2, 0) is 16.1 Å². The summed E-state index contributed by atoms with van der Waals surface area (Å²) in [5, 5.41) is 25.3. The second-order valence-electron chi connectivity index (χ2n) is 9.69. The third kappa shape index (κ3) is 6.55. The van der Waals surface area contributed by atoms with Gasteiger partial charge in [-0.25, -0.2) is 0 Å². The lowest BCUT2D eigenvalue weighted by Crippen LogP contribution is -2.31. The summed E-state index contributed by atoms with van der Waals surface area (Å²) in [5.41, 5.74) is 4.69. The van der Waals surface area contributed by atoms with E-state index in [0.29, 0.717) is 28.6 Å². The van der Waals surface area contributed by atoms with Crippen LogP contribution in [-0.4, -0.2) is 48.1 Å². The fraction of sp³-hybridized carbons (Fsp3) is 0.194. The van der Waals surface area contributed by atoms with Crippen molar-refractivity contribution in [3.8, 4) is 5.69 Å². The van der Waals surface area contributed by atoms with Crippen molar-refractivity contribution < 1.29 is 19.4 Å². The fourth-order valence-electron chi connectivity index (χ4n) is 4.61. The monoisotopic (exact) mass is 580 g/mol. The smallest absolute Gasteiger partial charge is 0.257 e. The van der Waals surface area contributed by atoms with Crippen LogP contribution in [0.5, 0.6) is 0 Å². The number of hydrogen-bond donors (Lipinski definition) is 2. The Balaban J connectivity index is 1.18. The second-order valence-corrected chi connectivity index (χ2v) is 10.7. The Labute approximate surface area is 246 Å². The van der Waals surface area contributed by atoms with Crippen molar-refractivity contribution in [2.75, 3.05) is 11.1 Å². The highest BCUT2D eigenvalue weighted by atomic mass is 32.2. The van der Waals surface area contributed by atoms with E-state index in [0.717, 1.165) is 22.4 Å². The number of ether oxygens (including phenoxy) is 2. The van der Waals surface area contributed by atoms with Gasteiger partial charge in [0.2, 0.25) is 5.16 Å². The number of tetrazole rings is 1. The largest absolute Gasteiger partial charge is 0.392 e. The number of aliphatic hydroxyl groups excluding tert-OH is 1. The highest BCUT2D eigenvalue weighted by Crippen LogP contribution is 2.39. The maximum atomic E-state index is 12.5. The Hall–Kier alpha value is -4.42. The Bertz CT molecular complexity index is 1600. The summed E-state index contributed by atoms with van der Waals surface area (Å²) in [5.74, 6) is 0.375. The molecule has 0 aliphatic carbocycles. The molecule has 1 saturated heterocycles. The number of thioether (sulfide) groups is 1. The van der Waals surface area contributed by atoms with Crippen molar-refractivity contribution >= 4 is 23.4 Å². The van der Waals surface area contributed by atoms with E-state index in [4.69, 9.17) is 9.47 Å². The highest BCUT2D eigenvalue weighted by molar-refractivity contribution is 7.99. The van der Waals surface area contributed by atoms with Gasteiger partial charge in [-0.2, -0.15) is 4.68 Å². The third-order valence-corrected chi connectivity index (χ3v) is 7.87. The molecule has 1 aliphatic rings. The number of para-hydroxylation sites is 1. The lowest BCUT2D eigenvalue weighted by molar-refractivity contribution is -0.245. The maximum Gasteiger partial charge on any atom is 0.257 e. The summed E-state index contributed by atoms with van der Waals surface area (Å²) in [4.78, 5) is 16.5. The van der Waals surface area contributed by atoms with E-state index >= 15 is 0 Å². The minimum Gasteiger partial charge on any atom is -0.392 e. The van der Waals surface area contributed by atoms with Gasteiger partial charge < -0.3 is 19.9 Å². The van der Waals surface area contributed by atoms with Crippen LogP contribution in [0.4, 0.5) is 5.69 Å². The molecule has 1 aliphatic heterocycles. The lowest BCUT2D eigenvalue weighted by atomic mass is 10.0. The highest BCUT2D eigenvalue weighted by Gasteiger charge is 2.32. The van der Waals surface area contributed by atoms with Crippen molar-refractivity contribution in [1.82, 2.24) is 25.2 Å². The van der Waals surface area contributed by atoms with Crippen molar-refractivity contribution in [3.63, 3.8) is 0 Å². The summed E-state index contributed by atoms with van der Waals surface area (Å²) in [6.45, 7) is -0.0173. The summed E-state index contributed by atoms with van der Waals surface area (Å²) < 4.78 is 14.6. The molecule has 5 aromatic rings. The van der Waals surface area contributed by atoms with Crippen LogP contribution in [0.15, 0.2) is 109 Å². The molecule has 6 rings (SSSR count). The molecule has 0 unspecified atom stereocenters. The SMILES string of the molecule is O=C(Nc1ccc([C@@H]2O[C@H](CSc3nnnn3-c3ccccc3)C[C@H](c3ccc(CO)cc3)O2)cc1)c1cccnc1. The fourth-order valence-corrected chi connectivity index (χ4v) is 5.52. The van der Waals surface area contributed by atoms with Gasteiger partial charge in [0.1, 0.15) is 0 Å². The molecule has 3 aromatic carbocycles. The van der Waals surface area contributed by atoms with Gasteiger partial charge in [0.25, 0.3) is 5.91 Å². The van der Waals surface area contributed by atoms with Crippen molar-refractivity contribution in [3.05, 3.63) is 126 Å². The molecule has 3 heterocycles. The van der Waals surface area contributed by atoms with E-state index in [-0.39, 0.29) is 24.7 Å². The number of anilines is 1. The quantitative estimate of drug-likeness (QED) is 0.228. The first kappa shape index (κ1) is 27.7. The summed E-state index contributed by atoms with van der Waals surface area (Å²) >= 11 is 1.52. The molecule has 3 atom stereocenters. The topological polar surface area (TPSA) is 124 Å². The maximum absolute atomic E-state index is 12.5. The van der Waals surface area contributed by atoms with Crippen LogP contribution in [0, 0.1) is 0 Å². The van der Waals surface area contributed by atoms with Gasteiger partial charge in [-0.1, -0.05) is 66.4 Å². The van der Waals surface area contributed by atoms with Crippen LogP contribution in [0.25, 0.3) is 5.69 Å². The number of carbonyl (C=O) groups excluding carboxylic acids is 1. The average molecular weight is 581 g/mol. The molecule has 11 heteroatoms. The standard InChI is InChI=1S/C31H28N6O4S/c38-19-21-8-10-22(11-9-21)28-17-27(20-42-31-34-35-36-37(31)26-6-2-1-3-7-26)40-30(41-28)23-12-14-25(15-13-23)33-29(39)24-5-4-16-32-18-24/h1-16,18,27-28,30,38H,17,19-20H2,(H,33,39)/t27-,28+,30+/m0/s1. The molecule has 0 saturated carbocycles. The number of aromatic nitrogens is 5. The molecular formula is C31H28N6O4S. The van der Waals surface area contributed by atoms with E-state index in [1.165, 1.54) is 18.0 Å². The van der Waals surface area contributed by atoms with Gasteiger partial charge in [0, 0.05) is 35.8 Å². The molecule has 0 bridgehead atoms. The molecule has 10 nitrogen and oxygen atoms in total. The summed E-state index contributed by atoms with van der Waals surface area (Å²) in [6, 6.07) is 28.4. The van der Waals surface area contributed by atoms with Gasteiger partial charge >= 0.3 is 0 Å². The molecule has 2 N–H and O–H groups in total. The minimum atomic E-state index is -0.625. The average Bonchev–Trinajstić information content (AvgIpc) is 3.54. The van der Waals surface area contributed by atoms with E-state index < -0.39 is 6.29 Å². The van der Waals surface area contributed by atoms with Crippen molar-refractivity contribution in [2.24, 2.45) is 0 Å². The first-order valence-corrected chi connectivity index (χ1v) is 14.4. The number of pyridine rings is 1. The van der Waals surface area contributed by atoms with E-state index in [9.17, 15) is 9.90 Å². The molecule has 0 spiro atoms. The molecule has 1 amide bonds. The zero-order chi connectivity index (χ0) is 28.7. The van der Waals surface area contributed by atoms with Crippen LogP contribution < -0.4 is 5.32 Å². The number of aliphatic hydroxyl groups is 1. The zero-order valence-electron chi connectivity index (χ0n) is 22.5. The lowest BCUT2D eigenvalue weighted by Gasteiger charge is -2.36. The normalized spacial score (nSPS) is 18.5. The second kappa shape index (κ2) is 13.0. The van der Waals surface area contributed by atoms with Gasteiger partial charge in [-0.05, 0) is 58.0 Å². The predicted molar refractivity (Wildman–Crippen MR) is 157 cm³/mol. The number of carbonyl (C=O) groups is 1. The Morgan fingerprint density at radius 1 is 0.952 bits per heavy atom. The van der Waals surface area contributed by atoms with Crippen LogP contribution in [0.3, 0.4) is 0 Å².